The molecule has 2 heteroatoms. The van der Waals surface area contributed by atoms with E-state index in [1.54, 1.807) is 0 Å². The molecule has 0 aromatic carbocycles. The fraction of sp³-hybridized carbons (Fsp3) is 1.00. The molecule has 0 radical (unpaired) electrons. The molecule has 0 fully saturated rings. The van der Waals surface area contributed by atoms with E-state index in [4.69, 9.17) is 5.11 Å². The molecule has 0 bridgehead atoms. The fourth-order valence-corrected chi connectivity index (χ4v) is 2.78. The summed E-state index contributed by atoms with van der Waals surface area (Å²) in [4.78, 5) is 0. The zero-order chi connectivity index (χ0) is 15.8. The van der Waals surface area contributed by atoms with Crippen molar-refractivity contribution in [3.8, 4) is 0 Å². The van der Waals surface area contributed by atoms with Crippen molar-refractivity contribution in [1.82, 2.24) is 0 Å². The lowest BCUT2D eigenvalue weighted by Crippen LogP contribution is -2.20. The summed E-state index contributed by atoms with van der Waals surface area (Å²) in [6.45, 7) is 4.28. The van der Waals surface area contributed by atoms with Crippen molar-refractivity contribution in [3.05, 3.63) is 0 Å². The average Bonchev–Trinajstić information content (AvgIpc) is 2.50. The van der Waals surface area contributed by atoms with E-state index >= 15 is 0 Å². The highest BCUT2D eigenvalue weighted by Gasteiger charge is 2.11. The molecule has 2 N–H and O–H groups in total. The van der Waals surface area contributed by atoms with Gasteiger partial charge in [0.25, 0.3) is 0 Å². The predicted octanol–water partition coefficient (Wildman–Crippen LogP) is 5.46. The van der Waals surface area contributed by atoms with Crippen molar-refractivity contribution in [1.29, 1.82) is 0 Å². The van der Waals surface area contributed by atoms with Gasteiger partial charge in [-0.3, -0.25) is 0 Å². The van der Waals surface area contributed by atoms with Crippen molar-refractivity contribution in [2.45, 2.75) is 110 Å². The van der Waals surface area contributed by atoms with E-state index in [2.05, 4.69) is 6.92 Å². The average molecular weight is 301 g/mol. The molecule has 2 nitrogen and oxygen atoms in total. The zero-order valence-corrected chi connectivity index (χ0v) is 14.7. The van der Waals surface area contributed by atoms with Gasteiger partial charge in [0.1, 0.15) is 0 Å². The Kier molecular flexibility index (Phi) is 16.2. The third-order valence-corrected chi connectivity index (χ3v) is 4.55. The zero-order valence-electron chi connectivity index (χ0n) is 14.7. The smallest absolute Gasteiger partial charge is 0.0587 e. The van der Waals surface area contributed by atoms with Gasteiger partial charge in [-0.15, -0.1) is 0 Å². The number of unbranched alkanes of at least 4 members (excludes halogenated alkanes) is 12. The van der Waals surface area contributed by atoms with Crippen LogP contribution in [0.25, 0.3) is 0 Å². The van der Waals surface area contributed by atoms with E-state index < -0.39 is 0 Å². The molecule has 0 amide bonds. The van der Waals surface area contributed by atoms with Gasteiger partial charge in [0.05, 0.1) is 6.10 Å². The van der Waals surface area contributed by atoms with Gasteiger partial charge in [-0.1, -0.05) is 97.3 Å². The van der Waals surface area contributed by atoms with Crippen LogP contribution in [0.3, 0.4) is 0 Å². The first kappa shape index (κ1) is 20.9. The lowest BCUT2D eigenvalue weighted by Gasteiger charge is -2.15. The minimum absolute atomic E-state index is 0.0299. The first-order valence-electron chi connectivity index (χ1n) is 9.51. The monoisotopic (exact) mass is 300 g/mol. The number of aliphatic hydroxyl groups excluding tert-OH is 2. The Balaban J connectivity index is 3.09. The van der Waals surface area contributed by atoms with Crippen molar-refractivity contribution in [3.63, 3.8) is 0 Å². The van der Waals surface area contributed by atoms with E-state index in [0.29, 0.717) is 0 Å². The lowest BCUT2D eigenvalue weighted by atomic mass is 9.99. The molecule has 0 saturated carbocycles. The molecule has 128 valence electrons. The highest BCUT2D eigenvalue weighted by Crippen LogP contribution is 2.15. The number of rotatable bonds is 16. The largest absolute Gasteiger partial charge is 0.396 e. The molecule has 0 aromatic heterocycles. The Morgan fingerprint density at radius 2 is 1.05 bits per heavy atom. The highest BCUT2D eigenvalue weighted by atomic mass is 16.3. The Labute approximate surface area is 133 Å². The Bertz CT molecular complexity index is 194. The van der Waals surface area contributed by atoms with Gasteiger partial charge >= 0.3 is 0 Å². The van der Waals surface area contributed by atoms with Gasteiger partial charge in [-0.2, -0.15) is 0 Å². The molecule has 0 aliphatic carbocycles. The van der Waals surface area contributed by atoms with Crippen LogP contribution in [-0.4, -0.2) is 22.9 Å². The predicted molar refractivity (Wildman–Crippen MR) is 92.6 cm³/mol. The van der Waals surface area contributed by atoms with E-state index in [0.717, 1.165) is 12.8 Å². The maximum atomic E-state index is 9.73. The standard InChI is InChI=1S/C19H40O2/c1-3-4-5-6-7-8-9-10-11-12-13-14-15-16-19(21)18(2)17-20/h18-21H,3-17H2,1-2H3/t18-,19?/m0/s1. The summed E-state index contributed by atoms with van der Waals surface area (Å²) in [5.41, 5.74) is 0. The van der Waals surface area contributed by atoms with E-state index in [9.17, 15) is 5.11 Å². The van der Waals surface area contributed by atoms with Crippen LogP contribution in [0.1, 0.15) is 104 Å². The SMILES string of the molecule is CCCCCCCCCCCCCCCC(O)[C@@H](C)CO. The first-order chi connectivity index (χ1) is 10.2. The van der Waals surface area contributed by atoms with Crippen molar-refractivity contribution in [2.24, 2.45) is 5.92 Å². The molecule has 21 heavy (non-hydrogen) atoms. The van der Waals surface area contributed by atoms with Gasteiger partial charge in [-0.05, 0) is 6.42 Å². The Hall–Kier alpha value is -0.0800. The summed E-state index contributed by atoms with van der Waals surface area (Å²) in [5, 5.41) is 18.7. The first-order valence-corrected chi connectivity index (χ1v) is 9.51. The molecule has 2 atom stereocenters. The fourth-order valence-electron chi connectivity index (χ4n) is 2.78. The lowest BCUT2D eigenvalue weighted by molar-refractivity contribution is 0.0685. The second-order valence-corrected chi connectivity index (χ2v) is 6.76. The molecule has 0 aliphatic rings. The summed E-state index contributed by atoms with van der Waals surface area (Å²) in [7, 11) is 0. The van der Waals surface area contributed by atoms with E-state index in [1.165, 1.54) is 77.0 Å². The van der Waals surface area contributed by atoms with Crippen LogP contribution < -0.4 is 0 Å². The van der Waals surface area contributed by atoms with E-state index in [-0.39, 0.29) is 18.6 Å². The van der Waals surface area contributed by atoms with Crippen LogP contribution in [0.2, 0.25) is 0 Å². The molecule has 0 heterocycles. The second-order valence-electron chi connectivity index (χ2n) is 6.76. The summed E-state index contributed by atoms with van der Waals surface area (Å²) < 4.78 is 0. The van der Waals surface area contributed by atoms with Crippen LogP contribution in [-0.2, 0) is 0 Å². The maximum absolute atomic E-state index is 9.73. The van der Waals surface area contributed by atoms with E-state index in [1.807, 2.05) is 6.92 Å². The topological polar surface area (TPSA) is 40.5 Å². The van der Waals surface area contributed by atoms with Gasteiger partial charge in [0, 0.05) is 12.5 Å². The molecule has 0 saturated heterocycles. The quantitative estimate of drug-likeness (QED) is 0.372. The van der Waals surface area contributed by atoms with Gasteiger partial charge in [0.2, 0.25) is 0 Å². The van der Waals surface area contributed by atoms with Gasteiger partial charge in [-0.25, -0.2) is 0 Å². The van der Waals surface area contributed by atoms with Crippen LogP contribution in [0, 0.1) is 5.92 Å². The van der Waals surface area contributed by atoms with Crippen LogP contribution in [0.15, 0.2) is 0 Å². The molecule has 0 spiro atoms. The number of hydrogen-bond donors (Lipinski definition) is 2. The summed E-state index contributed by atoms with van der Waals surface area (Å²) in [6.07, 6.45) is 18.2. The third kappa shape index (κ3) is 14.6. The highest BCUT2D eigenvalue weighted by molar-refractivity contribution is 4.63. The van der Waals surface area contributed by atoms with Crippen molar-refractivity contribution >= 4 is 0 Å². The van der Waals surface area contributed by atoms with Crippen molar-refractivity contribution in [2.75, 3.05) is 6.61 Å². The summed E-state index contributed by atoms with van der Waals surface area (Å²) in [6, 6.07) is 0. The van der Waals surface area contributed by atoms with Crippen LogP contribution in [0.4, 0.5) is 0 Å². The number of hydrogen-bond acceptors (Lipinski definition) is 2. The molecule has 0 aromatic rings. The minimum Gasteiger partial charge on any atom is -0.396 e. The Morgan fingerprint density at radius 1 is 0.667 bits per heavy atom. The molecule has 0 aliphatic heterocycles. The number of aliphatic hydroxyl groups is 2. The van der Waals surface area contributed by atoms with Crippen molar-refractivity contribution < 1.29 is 10.2 Å². The van der Waals surface area contributed by atoms with Crippen LogP contribution in [0.5, 0.6) is 0 Å². The Morgan fingerprint density at radius 3 is 1.43 bits per heavy atom. The minimum atomic E-state index is -0.317. The molecule has 0 rings (SSSR count). The second kappa shape index (κ2) is 16.3. The summed E-state index contributed by atoms with van der Waals surface area (Å²) in [5.74, 6) is 0.0299. The maximum Gasteiger partial charge on any atom is 0.0587 e. The molecule has 1 unspecified atom stereocenters. The van der Waals surface area contributed by atoms with Gasteiger partial charge in [0.15, 0.2) is 0 Å². The van der Waals surface area contributed by atoms with Crippen LogP contribution >= 0.6 is 0 Å². The molecular weight excluding hydrogens is 260 g/mol. The third-order valence-electron chi connectivity index (χ3n) is 4.55. The molecular formula is C19H40O2. The summed E-state index contributed by atoms with van der Waals surface area (Å²) >= 11 is 0. The normalized spacial score (nSPS) is 14.3. The van der Waals surface area contributed by atoms with Gasteiger partial charge < -0.3 is 10.2 Å².